The molecule has 1 aromatic heterocycles. The van der Waals surface area contributed by atoms with E-state index in [4.69, 9.17) is 9.72 Å². The highest BCUT2D eigenvalue weighted by Crippen LogP contribution is 2.65. The molecule has 236 valence electrons. The van der Waals surface area contributed by atoms with Crippen LogP contribution in [0.2, 0.25) is 0 Å². The molecule has 3 aromatic rings. The van der Waals surface area contributed by atoms with E-state index in [2.05, 4.69) is 76.1 Å². The summed E-state index contributed by atoms with van der Waals surface area (Å²) in [4.78, 5) is 22.2. The lowest BCUT2D eigenvalue weighted by Gasteiger charge is -2.59. The summed E-state index contributed by atoms with van der Waals surface area (Å²) in [5, 5.41) is 23.6. The number of aliphatic carboxylic acids is 1. The average Bonchev–Trinajstić information content (AvgIpc) is 3.76. The first-order valence-electron chi connectivity index (χ1n) is 16.8. The summed E-state index contributed by atoms with van der Waals surface area (Å²) in [7, 11) is 1.69. The molecule has 1 spiro atoms. The molecule has 3 fully saturated rings. The molecule has 2 saturated heterocycles. The van der Waals surface area contributed by atoms with E-state index in [9.17, 15) is 15.0 Å². The molecular weight excluding hydrogens is 588 g/mol. The van der Waals surface area contributed by atoms with Crippen LogP contribution in [0.5, 0.6) is 5.75 Å². The van der Waals surface area contributed by atoms with Crippen molar-refractivity contribution in [3.05, 3.63) is 102 Å². The van der Waals surface area contributed by atoms with Gasteiger partial charge in [-0.05, 0) is 84.3 Å². The molecule has 2 aromatic carbocycles. The second-order valence-corrected chi connectivity index (χ2v) is 14.1. The van der Waals surface area contributed by atoms with E-state index in [1.165, 1.54) is 17.3 Å². The fraction of sp³-hybridized carbons (Fsp3) is 0.333. The number of aromatic nitrogens is 2. The Labute approximate surface area is 272 Å². The van der Waals surface area contributed by atoms with Gasteiger partial charge < -0.3 is 24.3 Å². The summed E-state index contributed by atoms with van der Waals surface area (Å²) in [6, 6.07) is 19.5. The lowest BCUT2D eigenvalue weighted by Crippen LogP contribution is -2.67. The summed E-state index contributed by atoms with van der Waals surface area (Å²) < 4.78 is 7.88. The van der Waals surface area contributed by atoms with E-state index in [1.807, 2.05) is 18.2 Å². The number of benzene rings is 2. The molecule has 8 heteroatoms. The minimum atomic E-state index is -0.905. The molecule has 7 aliphatic rings. The van der Waals surface area contributed by atoms with Gasteiger partial charge in [-0.1, -0.05) is 31.2 Å². The standard InChI is InChI=1S/C39H36N4O4/c1-3-21-18-41-13-11-23-34-28(8-6-10-31(34)47-2)40-36(23)30(41)16-24(21)26-20-43-29-9-5-4-7-27(29)39-12-14-42-19-22(15-33(44)45)25(17-32(39)42)35(37(26)46)38(39)43/h4-11,13,15-16,18,20,25,32,35,37-38,46H,3,12,14,17,19H2,1-2H3,(H,44,45). The quantitative estimate of drug-likeness (QED) is 0.247. The number of anilines is 1. The van der Waals surface area contributed by atoms with Gasteiger partial charge in [-0.3, -0.25) is 4.90 Å². The van der Waals surface area contributed by atoms with E-state index >= 15 is 0 Å². The average molecular weight is 625 g/mol. The van der Waals surface area contributed by atoms with Gasteiger partial charge >= 0.3 is 5.97 Å². The molecule has 0 amide bonds. The SMILES string of the molecule is CCc1cn2ccc3c4c(OC)cccc4nc-3c2cc1C1=CN2c3ccccc3C34CCN5CC(=CC(=O)O)C(CC53)C(C1O)C24. The van der Waals surface area contributed by atoms with Crippen molar-refractivity contribution in [2.75, 3.05) is 25.1 Å². The van der Waals surface area contributed by atoms with Gasteiger partial charge in [-0.25, -0.2) is 9.78 Å². The number of carboxylic acid groups (broad SMARTS) is 1. The Morgan fingerprint density at radius 2 is 2.02 bits per heavy atom. The van der Waals surface area contributed by atoms with Gasteiger partial charge in [0.1, 0.15) is 5.75 Å². The molecule has 2 bridgehead atoms. The van der Waals surface area contributed by atoms with Gasteiger partial charge in [0, 0.05) is 65.4 Å². The number of hydrogen-bond acceptors (Lipinski definition) is 6. The van der Waals surface area contributed by atoms with Gasteiger partial charge in [0.2, 0.25) is 0 Å². The zero-order valence-corrected chi connectivity index (χ0v) is 26.4. The van der Waals surface area contributed by atoms with Crippen molar-refractivity contribution in [1.29, 1.82) is 0 Å². The van der Waals surface area contributed by atoms with Crippen LogP contribution in [0.25, 0.3) is 33.3 Å². The van der Waals surface area contributed by atoms with Crippen LogP contribution in [0.3, 0.4) is 0 Å². The van der Waals surface area contributed by atoms with Gasteiger partial charge in [-0.2, -0.15) is 0 Å². The first-order chi connectivity index (χ1) is 22.9. The van der Waals surface area contributed by atoms with Crippen molar-refractivity contribution in [3.63, 3.8) is 0 Å². The molecule has 2 N–H and O–H groups in total. The number of nitrogens with zero attached hydrogens (tertiary/aromatic N) is 4. The zero-order valence-electron chi connectivity index (χ0n) is 26.4. The fourth-order valence-corrected chi connectivity index (χ4v) is 10.6. The van der Waals surface area contributed by atoms with E-state index < -0.39 is 12.1 Å². The summed E-state index contributed by atoms with van der Waals surface area (Å²) in [6.45, 7) is 3.76. The minimum absolute atomic E-state index is 0.0137. The molecule has 1 aliphatic carbocycles. The van der Waals surface area contributed by atoms with Crippen LogP contribution in [0.4, 0.5) is 5.69 Å². The van der Waals surface area contributed by atoms with Crippen LogP contribution >= 0.6 is 0 Å². The van der Waals surface area contributed by atoms with Crippen molar-refractivity contribution in [2.24, 2.45) is 11.8 Å². The van der Waals surface area contributed by atoms with Crippen molar-refractivity contribution in [3.8, 4) is 17.0 Å². The molecular formula is C39H36N4O4. The predicted octanol–water partition coefficient (Wildman–Crippen LogP) is 5.74. The van der Waals surface area contributed by atoms with E-state index in [1.54, 1.807) is 7.11 Å². The molecule has 0 radical (unpaired) electrons. The lowest BCUT2D eigenvalue weighted by atomic mass is 9.53. The summed E-state index contributed by atoms with van der Waals surface area (Å²) in [6.07, 6.45) is 9.86. The van der Waals surface area contributed by atoms with E-state index in [-0.39, 0.29) is 23.3 Å². The fourth-order valence-electron chi connectivity index (χ4n) is 10.6. The zero-order chi connectivity index (χ0) is 31.8. The number of aliphatic hydroxyl groups excluding tert-OH is 1. The van der Waals surface area contributed by atoms with Crippen molar-refractivity contribution in [2.45, 2.75) is 49.8 Å². The van der Waals surface area contributed by atoms with Crippen LogP contribution in [0.1, 0.15) is 36.5 Å². The maximum atomic E-state index is 12.7. The molecule has 47 heavy (non-hydrogen) atoms. The van der Waals surface area contributed by atoms with Crippen LogP contribution < -0.4 is 9.64 Å². The Morgan fingerprint density at radius 1 is 1.15 bits per heavy atom. The topological polar surface area (TPSA) is 90.5 Å². The smallest absolute Gasteiger partial charge is 0.328 e. The first kappa shape index (κ1) is 27.5. The Balaban J connectivity index is 1.21. The van der Waals surface area contributed by atoms with E-state index in [0.29, 0.717) is 12.6 Å². The van der Waals surface area contributed by atoms with Crippen LogP contribution in [0, 0.1) is 11.8 Å². The highest BCUT2D eigenvalue weighted by molar-refractivity contribution is 6.05. The number of fused-ring (bicyclic) bond motifs is 9. The molecule has 6 aliphatic heterocycles. The third kappa shape index (κ3) is 3.39. The third-order valence-electron chi connectivity index (χ3n) is 12.3. The number of methoxy groups -OCH3 is 1. The second-order valence-electron chi connectivity index (χ2n) is 14.1. The van der Waals surface area contributed by atoms with Gasteiger partial charge in [0.05, 0.1) is 41.4 Å². The number of hydrogen-bond donors (Lipinski definition) is 2. The van der Waals surface area contributed by atoms with Gasteiger partial charge in [0.15, 0.2) is 0 Å². The number of pyridine rings is 2. The molecule has 7 heterocycles. The first-order valence-corrected chi connectivity index (χ1v) is 16.8. The summed E-state index contributed by atoms with van der Waals surface area (Å²) >= 11 is 0. The second kappa shape index (κ2) is 9.46. The van der Waals surface area contributed by atoms with Crippen LogP contribution in [-0.4, -0.2) is 68.9 Å². The van der Waals surface area contributed by atoms with Gasteiger partial charge in [0.25, 0.3) is 0 Å². The maximum Gasteiger partial charge on any atom is 0.328 e. The highest BCUT2D eigenvalue weighted by atomic mass is 16.5. The van der Waals surface area contributed by atoms with E-state index in [0.717, 1.165) is 81.5 Å². The normalized spacial score (nSPS) is 29.9. The largest absolute Gasteiger partial charge is 0.496 e. The molecule has 6 unspecified atom stereocenters. The summed E-state index contributed by atoms with van der Waals surface area (Å²) in [5.74, 6) is -0.258. The number of piperidine rings is 1. The molecule has 1 saturated carbocycles. The number of rotatable bonds is 4. The number of aliphatic hydroxyl groups is 1. The number of carboxylic acids is 1. The monoisotopic (exact) mass is 624 g/mol. The van der Waals surface area contributed by atoms with Gasteiger partial charge in [-0.15, -0.1) is 0 Å². The van der Waals surface area contributed by atoms with Crippen molar-refractivity contribution >= 4 is 33.6 Å². The van der Waals surface area contributed by atoms with Crippen molar-refractivity contribution in [1.82, 2.24) is 14.3 Å². The highest BCUT2D eigenvalue weighted by Gasteiger charge is 2.69. The predicted molar refractivity (Wildman–Crippen MR) is 181 cm³/mol. The Bertz CT molecular complexity index is 2200. The maximum absolute atomic E-state index is 12.7. The van der Waals surface area contributed by atoms with Crippen LogP contribution in [-0.2, 0) is 16.6 Å². The van der Waals surface area contributed by atoms with Crippen molar-refractivity contribution < 1.29 is 19.7 Å². The lowest BCUT2D eigenvalue weighted by molar-refractivity contribution is -0.131. The Hall–Kier alpha value is -4.66. The number of para-hydroxylation sites is 1. The molecule has 10 rings (SSSR count). The molecule has 8 nitrogen and oxygen atoms in total. The number of carbonyl (C=O) groups is 1. The Kier molecular flexibility index (Phi) is 5.52. The third-order valence-corrected chi connectivity index (χ3v) is 12.3. The summed E-state index contributed by atoms with van der Waals surface area (Å²) in [5.41, 5.74) is 10.3. The molecule has 6 atom stereocenters. The van der Waals surface area contributed by atoms with Crippen LogP contribution in [0.15, 0.2) is 84.8 Å². The number of aryl methyl sites for hydroxylation is 1. The minimum Gasteiger partial charge on any atom is -0.496 e. The number of ether oxygens (including phenoxy) is 1. The Morgan fingerprint density at radius 3 is 2.85 bits per heavy atom.